The van der Waals surface area contributed by atoms with Crippen LogP contribution in [-0.2, 0) is 15.6 Å². The molecule has 100 valence electrons. The van der Waals surface area contributed by atoms with Gasteiger partial charge in [0.05, 0.1) is 17.0 Å². The van der Waals surface area contributed by atoms with Crippen molar-refractivity contribution in [3.8, 4) is 0 Å². The standard InChI is InChI=1S/C13H19NO3S/c1-3-10-18(16,17)14-9-8-13(2,15)11-6-4-5-7-12(11)14/h4-7,15H,3,8-10H2,1-2H3. The molecule has 0 saturated carbocycles. The number of fused-ring (bicyclic) bond motifs is 1. The Balaban J connectivity index is 2.50. The maximum absolute atomic E-state index is 12.2. The molecule has 0 radical (unpaired) electrons. The van der Waals surface area contributed by atoms with Crippen molar-refractivity contribution in [1.29, 1.82) is 0 Å². The van der Waals surface area contributed by atoms with E-state index in [-0.39, 0.29) is 5.75 Å². The topological polar surface area (TPSA) is 57.6 Å². The Morgan fingerprint density at radius 2 is 2.06 bits per heavy atom. The fourth-order valence-corrected chi connectivity index (χ4v) is 3.94. The number of anilines is 1. The molecule has 0 fully saturated rings. The fourth-order valence-electron chi connectivity index (χ4n) is 2.38. The van der Waals surface area contributed by atoms with E-state index in [0.717, 1.165) is 0 Å². The quantitative estimate of drug-likeness (QED) is 0.911. The SMILES string of the molecule is CCCS(=O)(=O)N1CCC(C)(O)c2ccccc21. The number of nitrogens with zero attached hydrogens (tertiary/aromatic N) is 1. The van der Waals surface area contributed by atoms with Gasteiger partial charge in [0.15, 0.2) is 0 Å². The van der Waals surface area contributed by atoms with Gasteiger partial charge in [0.2, 0.25) is 10.0 Å². The molecule has 5 heteroatoms. The molecule has 1 N–H and O–H groups in total. The average molecular weight is 269 g/mol. The van der Waals surface area contributed by atoms with Crippen molar-refractivity contribution in [1.82, 2.24) is 0 Å². The van der Waals surface area contributed by atoms with Gasteiger partial charge in [-0.3, -0.25) is 4.31 Å². The summed E-state index contributed by atoms with van der Waals surface area (Å²) in [5, 5.41) is 10.3. The highest BCUT2D eigenvalue weighted by Crippen LogP contribution is 2.39. The van der Waals surface area contributed by atoms with Crippen LogP contribution in [-0.4, -0.2) is 25.8 Å². The largest absolute Gasteiger partial charge is 0.385 e. The number of benzene rings is 1. The summed E-state index contributed by atoms with van der Waals surface area (Å²) in [5.74, 6) is 0.142. The van der Waals surface area contributed by atoms with E-state index in [2.05, 4.69) is 0 Å². The van der Waals surface area contributed by atoms with Gasteiger partial charge in [-0.15, -0.1) is 0 Å². The van der Waals surface area contributed by atoms with Crippen molar-refractivity contribution in [2.45, 2.75) is 32.3 Å². The second-order valence-corrected chi connectivity index (χ2v) is 6.94. The van der Waals surface area contributed by atoms with Gasteiger partial charge in [0, 0.05) is 12.1 Å². The van der Waals surface area contributed by atoms with Gasteiger partial charge in [-0.2, -0.15) is 0 Å². The first-order valence-corrected chi connectivity index (χ1v) is 7.82. The molecule has 0 aromatic heterocycles. The number of hydrogen-bond donors (Lipinski definition) is 1. The van der Waals surface area contributed by atoms with E-state index in [9.17, 15) is 13.5 Å². The molecule has 1 aromatic carbocycles. The van der Waals surface area contributed by atoms with Crippen LogP contribution in [0.3, 0.4) is 0 Å². The smallest absolute Gasteiger partial charge is 0.235 e. The van der Waals surface area contributed by atoms with E-state index >= 15 is 0 Å². The molecule has 1 aromatic rings. The van der Waals surface area contributed by atoms with E-state index in [1.54, 1.807) is 25.1 Å². The second kappa shape index (κ2) is 4.55. The van der Waals surface area contributed by atoms with Gasteiger partial charge >= 0.3 is 0 Å². The predicted molar refractivity (Wildman–Crippen MR) is 72.1 cm³/mol. The molecule has 1 unspecified atom stereocenters. The Labute approximate surface area is 108 Å². The zero-order valence-corrected chi connectivity index (χ0v) is 11.6. The lowest BCUT2D eigenvalue weighted by atomic mass is 9.88. The van der Waals surface area contributed by atoms with Crippen molar-refractivity contribution in [2.24, 2.45) is 0 Å². The number of hydrogen-bond acceptors (Lipinski definition) is 3. The van der Waals surface area contributed by atoms with Gasteiger partial charge < -0.3 is 5.11 Å². The summed E-state index contributed by atoms with van der Waals surface area (Å²) in [5.41, 5.74) is 0.354. The van der Waals surface area contributed by atoms with Crippen molar-refractivity contribution < 1.29 is 13.5 Å². The molecule has 1 atom stereocenters. The molecule has 0 spiro atoms. The monoisotopic (exact) mass is 269 g/mol. The third-order valence-electron chi connectivity index (χ3n) is 3.35. The lowest BCUT2D eigenvalue weighted by Gasteiger charge is -2.38. The zero-order valence-electron chi connectivity index (χ0n) is 10.8. The van der Waals surface area contributed by atoms with Gasteiger partial charge in [-0.05, 0) is 25.8 Å². The van der Waals surface area contributed by atoms with Gasteiger partial charge in [0.1, 0.15) is 0 Å². The van der Waals surface area contributed by atoms with Crippen molar-refractivity contribution in [3.05, 3.63) is 29.8 Å². The third-order valence-corrected chi connectivity index (χ3v) is 5.33. The highest BCUT2D eigenvalue weighted by Gasteiger charge is 2.36. The summed E-state index contributed by atoms with van der Waals surface area (Å²) in [6, 6.07) is 7.18. The van der Waals surface area contributed by atoms with Crippen LogP contribution >= 0.6 is 0 Å². The second-order valence-electron chi connectivity index (χ2n) is 4.93. The van der Waals surface area contributed by atoms with Gasteiger partial charge in [0.25, 0.3) is 0 Å². The van der Waals surface area contributed by atoms with Crippen molar-refractivity contribution >= 4 is 15.7 Å². The van der Waals surface area contributed by atoms with Gasteiger partial charge in [-0.25, -0.2) is 8.42 Å². The zero-order chi connectivity index (χ0) is 13.4. The molecule has 1 heterocycles. The van der Waals surface area contributed by atoms with Crippen LogP contribution in [0.5, 0.6) is 0 Å². The van der Waals surface area contributed by atoms with Crippen LogP contribution in [0.1, 0.15) is 32.3 Å². The van der Waals surface area contributed by atoms with Crippen LogP contribution in [0.15, 0.2) is 24.3 Å². The normalized spacial score (nSPS) is 23.8. The maximum Gasteiger partial charge on any atom is 0.235 e. The highest BCUT2D eigenvalue weighted by atomic mass is 32.2. The van der Waals surface area contributed by atoms with Crippen LogP contribution < -0.4 is 4.31 Å². The molecule has 2 rings (SSSR count). The first kappa shape index (κ1) is 13.4. The van der Waals surface area contributed by atoms with E-state index in [1.165, 1.54) is 4.31 Å². The maximum atomic E-state index is 12.2. The highest BCUT2D eigenvalue weighted by molar-refractivity contribution is 7.92. The number of rotatable bonds is 3. The summed E-state index contributed by atoms with van der Waals surface area (Å²) < 4.78 is 25.8. The van der Waals surface area contributed by atoms with E-state index in [4.69, 9.17) is 0 Å². The molecule has 0 bridgehead atoms. The number of sulfonamides is 1. The Bertz CT molecular complexity index is 537. The van der Waals surface area contributed by atoms with E-state index < -0.39 is 15.6 Å². The minimum absolute atomic E-state index is 0.142. The molecule has 4 nitrogen and oxygen atoms in total. The molecule has 1 aliphatic heterocycles. The van der Waals surface area contributed by atoms with Crippen molar-refractivity contribution in [3.63, 3.8) is 0 Å². The summed E-state index contributed by atoms with van der Waals surface area (Å²) in [6.07, 6.45) is 1.02. The van der Waals surface area contributed by atoms with Crippen LogP contribution in [0.4, 0.5) is 5.69 Å². The predicted octanol–water partition coefficient (Wildman–Crippen LogP) is 1.84. The first-order chi connectivity index (χ1) is 8.38. The van der Waals surface area contributed by atoms with Crippen molar-refractivity contribution in [2.75, 3.05) is 16.6 Å². The first-order valence-electron chi connectivity index (χ1n) is 6.21. The number of aliphatic hydroxyl groups is 1. The lowest BCUT2D eigenvalue weighted by Crippen LogP contribution is -2.42. The Kier molecular flexibility index (Phi) is 3.38. The van der Waals surface area contributed by atoms with E-state index in [0.29, 0.717) is 30.6 Å². The minimum atomic E-state index is -3.27. The summed E-state index contributed by atoms with van der Waals surface area (Å²) in [4.78, 5) is 0. The Hall–Kier alpha value is -1.07. The fraction of sp³-hybridized carbons (Fsp3) is 0.538. The number of para-hydroxylation sites is 1. The molecule has 0 amide bonds. The third kappa shape index (κ3) is 2.24. The van der Waals surface area contributed by atoms with Crippen LogP contribution in [0.25, 0.3) is 0 Å². The average Bonchev–Trinajstić information content (AvgIpc) is 2.28. The van der Waals surface area contributed by atoms with E-state index in [1.807, 2.05) is 13.0 Å². The Morgan fingerprint density at radius 3 is 2.72 bits per heavy atom. The molecule has 0 aliphatic carbocycles. The molecule has 18 heavy (non-hydrogen) atoms. The summed E-state index contributed by atoms with van der Waals surface area (Å²) >= 11 is 0. The van der Waals surface area contributed by atoms with Crippen LogP contribution in [0.2, 0.25) is 0 Å². The van der Waals surface area contributed by atoms with Gasteiger partial charge in [-0.1, -0.05) is 25.1 Å². The molecule has 0 saturated heterocycles. The summed E-state index contributed by atoms with van der Waals surface area (Å²) in [6.45, 7) is 3.92. The molecule has 1 aliphatic rings. The molecular formula is C13H19NO3S. The summed E-state index contributed by atoms with van der Waals surface area (Å²) in [7, 11) is -3.27. The van der Waals surface area contributed by atoms with Crippen LogP contribution in [0, 0.1) is 0 Å². The lowest BCUT2D eigenvalue weighted by molar-refractivity contribution is 0.0472. The Morgan fingerprint density at radius 1 is 1.39 bits per heavy atom. The molecular weight excluding hydrogens is 250 g/mol. The minimum Gasteiger partial charge on any atom is -0.385 e.